The summed E-state index contributed by atoms with van der Waals surface area (Å²) in [5.74, 6) is -0.869. The molecular formula is C8H17N3O3S. The molecule has 0 saturated heterocycles. The van der Waals surface area contributed by atoms with Gasteiger partial charge in [-0.3, -0.25) is 9.00 Å². The second-order valence-electron chi connectivity index (χ2n) is 3.42. The number of hydrogen-bond donors (Lipinski definition) is 4. The van der Waals surface area contributed by atoms with Gasteiger partial charge in [0, 0.05) is 35.9 Å². The molecule has 0 amide bonds. The Hall–Kier alpha value is -0.790. The lowest BCUT2D eigenvalue weighted by atomic mass is 10.1. The first-order valence-corrected chi connectivity index (χ1v) is 5.96. The molecule has 0 aliphatic heterocycles. The maximum absolute atomic E-state index is 11.4. The molecule has 0 saturated carbocycles. The third-order valence-electron chi connectivity index (χ3n) is 1.70. The summed E-state index contributed by atoms with van der Waals surface area (Å²) in [6.45, 7) is 2.26. The minimum atomic E-state index is -1.44. The summed E-state index contributed by atoms with van der Waals surface area (Å²) in [4.78, 5) is 10.6. The van der Waals surface area contributed by atoms with Crippen molar-refractivity contribution in [2.75, 3.05) is 24.6 Å². The van der Waals surface area contributed by atoms with Gasteiger partial charge < -0.3 is 21.6 Å². The molecule has 5 N–H and O–H groups in total. The van der Waals surface area contributed by atoms with Crippen LogP contribution in [0.4, 0.5) is 0 Å². The molecule has 0 aromatic heterocycles. The average Bonchev–Trinajstić information content (AvgIpc) is 2.11. The van der Waals surface area contributed by atoms with Crippen LogP contribution >= 0.6 is 0 Å². The third-order valence-corrected chi connectivity index (χ3v) is 3.28. The molecule has 0 bridgehead atoms. The van der Waals surface area contributed by atoms with Crippen molar-refractivity contribution < 1.29 is 14.1 Å². The smallest absolute Gasteiger partial charge is 0.324 e. The van der Waals surface area contributed by atoms with E-state index < -0.39 is 22.3 Å². The molecule has 0 rings (SSSR count). The largest absolute Gasteiger partial charge is 0.480 e. The van der Waals surface area contributed by atoms with Crippen molar-refractivity contribution in [3.05, 3.63) is 0 Å². The van der Waals surface area contributed by atoms with Gasteiger partial charge >= 0.3 is 5.97 Å². The van der Waals surface area contributed by atoms with E-state index in [2.05, 4.69) is 5.32 Å². The van der Waals surface area contributed by atoms with Crippen LogP contribution in [0.15, 0.2) is 0 Å². The van der Waals surface area contributed by atoms with Gasteiger partial charge in [0.25, 0.3) is 0 Å². The predicted molar refractivity (Wildman–Crippen MR) is 59.8 cm³/mol. The second-order valence-corrected chi connectivity index (χ2v) is 5.00. The molecule has 6 nitrogen and oxygen atoms in total. The van der Waals surface area contributed by atoms with E-state index in [0.717, 1.165) is 0 Å². The number of carbonyl (C=O) groups is 1. The number of carboxylic acids is 1. The van der Waals surface area contributed by atoms with Crippen LogP contribution in [-0.4, -0.2) is 51.6 Å². The zero-order chi connectivity index (χ0) is 11.9. The predicted octanol–water partition coefficient (Wildman–Crippen LogP) is -1.22. The summed E-state index contributed by atoms with van der Waals surface area (Å²) in [6, 6.07) is 0. The highest BCUT2D eigenvalue weighted by Gasteiger charge is 2.29. The van der Waals surface area contributed by atoms with Crippen molar-refractivity contribution >= 4 is 23.0 Å². The molecule has 0 aromatic carbocycles. The number of nitrogens with one attached hydrogen (secondary N) is 2. The monoisotopic (exact) mass is 235 g/mol. The fourth-order valence-electron chi connectivity index (χ4n) is 0.829. The number of aliphatic carboxylic acids is 1. The van der Waals surface area contributed by atoms with E-state index in [1.807, 2.05) is 0 Å². The molecule has 2 atom stereocenters. The molecular weight excluding hydrogens is 218 g/mol. The lowest BCUT2D eigenvalue weighted by molar-refractivity contribution is -0.141. The lowest BCUT2D eigenvalue weighted by Crippen LogP contribution is -2.50. The Morgan fingerprint density at radius 1 is 1.73 bits per heavy atom. The summed E-state index contributed by atoms with van der Waals surface area (Å²) in [5.41, 5.74) is 4.00. The van der Waals surface area contributed by atoms with Gasteiger partial charge in [-0.05, 0) is 6.92 Å². The van der Waals surface area contributed by atoms with Crippen molar-refractivity contribution in [1.82, 2.24) is 5.32 Å². The first kappa shape index (κ1) is 14.2. The summed E-state index contributed by atoms with van der Waals surface area (Å²) < 4.78 is 11.4. The fourth-order valence-corrected chi connectivity index (χ4v) is 2.14. The molecule has 0 aliphatic carbocycles. The topological polar surface area (TPSA) is 116 Å². The van der Waals surface area contributed by atoms with E-state index >= 15 is 0 Å². The van der Waals surface area contributed by atoms with Crippen LogP contribution < -0.4 is 11.1 Å². The lowest BCUT2D eigenvalue weighted by Gasteiger charge is -2.18. The fraction of sp³-hybridized carbons (Fsp3) is 0.750. The Labute approximate surface area is 91.2 Å². The van der Waals surface area contributed by atoms with Crippen LogP contribution in [0.2, 0.25) is 0 Å². The van der Waals surface area contributed by atoms with Crippen LogP contribution in [0.1, 0.15) is 6.92 Å². The third kappa shape index (κ3) is 6.32. The number of rotatable bonds is 8. The Kier molecular flexibility index (Phi) is 6.30. The molecule has 88 valence electrons. The average molecular weight is 235 g/mol. The second kappa shape index (κ2) is 6.65. The number of nitrogens with two attached hydrogens (primary N) is 1. The Morgan fingerprint density at radius 2 is 2.33 bits per heavy atom. The summed E-state index contributed by atoms with van der Waals surface area (Å²) in [6.07, 6.45) is 1.20. The van der Waals surface area contributed by atoms with Crippen molar-refractivity contribution in [3.8, 4) is 0 Å². The van der Waals surface area contributed by atoms with Crippen LogP contribution in [-0.2, 0) is 15.6 Å². The maximum Gasteiger partial charge on any atom is 0.324 e. The Bertz CT molecular complexity index is 256. The van der Waals surface area contributed by atoms with Crippen molar-refractivity contribution in [3.63, 3.8) is 0 Å². The van der Waals surface area contributed by atoms with Crippen LogP contribution in [0, 0.1) is 5.41 Å². The summed E-state index contributed by atoms with van der Waals surface area (Å²) >= 11 is 0. The number of hydrogen-bond acceptors (Lipinski definition) is 5. The van der Waals surface area contributed by atoms with Gasteiger partial charge in [-0.1, -0.05) is 0 Å². The normalized spacial score (nSPS) is 16.7. The molecule has 0 radical (unpaired) electrons. The van der Waals surface area contributed by atoms with E-state index in [4.69, 9.17) is 16.2 Å². The van der Waals surface area contributed by atoms with E-state index in [9.17, 15) is 9.00 Å². The highest BCUT2D eigenvalue weighted by atomic mass is 32.2. The summed E-state index contributed by atoms with van der Waals surface area (Å²) in [7, 11) is -1.26. The highest BCUT2D eigenvalue weighted by Crippen LogP contribution is 2.01. The van der Waals surface area contributed by atoms with E-state index in [0.29, 0.717) is 18.8 Å². The Morgan fingerprint density at radius 3 is 2.80 bits per heavy atom. The van der Waals surface area contributed by atoms with Gasteiger partial charge in [0.05, 0.1) is 5.75 Å². The zero-order valence-corrected chi connectivity index (χ0v) is 9.47. The standard InChI is InChI=1S/C8H17N3O3S/c1-8(10,7(12)13)6-15(14)5-4-11-3-2-9/h2,9,11H,3-6,10H2,1H3,(H,12,13)/t8-,15?/m0/s1. The Balaban J connectivity index is 3.83. The minimum Gasteiger partial charge on any atom is -0.480 e. The van der Waals surface area contributed by atoms with Gasteiger partial charge in [-0.2, -0.15) is 0 Å². The molecule has 0 aromatic rings. The highest BCUT2D eigenvalue weighted by molar-refractivity contribution is 7.85. The number of carboxylic acid groups (broad SMARTS) is 1. The van der Waals surface area contributed by atoms with Crippen LogP contribution in [0.25, 0.3) is 0 Å². The first-order valence-electron chi connectivity index (χ1n) is 4.47. The van der Waals surface area contributed by atoms with Crippen LogP contribution in [0.3, 0.4) is 0 Å². The SMILES string of the molecule is C[C@](N)(CS(=O)CCNCC=N)C(=O)O. The minimum absolute atomic E-state index is 0.0609. The van der Waals surface area contributed by atoms with E-state index in [1.54, 1.807) is 0 Å². The van der Waals surface area contributed by atoms with Gasteiger partial charge in [0.15, 0.2) is 0 Å². The van der Waals surface area contributed by atoms with E-state index in [1.165, 1.54) is 13.1 Å². The molecule has 1 unspecified atom stereocenters. The summed E-state index contributed by atoms with van der Waals surface area (Å²) in [5, 5.41) is 18.3. The molecule has 0 aliphatic rings. The van der Waals surface area contributed by atoms with Crippen molar-refractivity contribution in [2.45, 2.75) is 12.5 Å². The molecule has 15 heavy (non-hydrogen) atoms. The van der Waals surface area contributed by atoms with Gasteiger partial charge in [0.2, 0.25) is 0 Å². The quantitative estimate of drug-likeness (QED) is 0.311. The van der Waals surface area contributed by atoms with Crippen molar-refractivity contribution in [1.29, 1.82) is 5.41 Å². The van der Waals surface area contributed by atoms with Gasteiger partial charge in [-0.25, -0.2) is 0 Å². The van der Waals surface area contributed by atoms with Gasteiger partial charge in [-0.15, -0.1) is 0 Å². The maximum atomic E-state index is 11.4. The van der Waals surface area contributed by atoms with Crippen molar-refractivity contribution in [2.24, 2.45) is 5.73 Å². The molecule has 7 heteroatoms. The molecule has 0 fully saturated rings. The molecule has 0 heterocycles. The first-order chi connectivity index (χ1) is 6.90. The zero-order valence-electron chi connectivity index (χ0n) is 8.66. The molecule has 0 spiro atoms. The van der Waals surface area contributed by atoms with Crippen LogP contribution in [0.5, 0.6) is 0 Å². The van der Waals surface area contributed by atoms with E-state index in [-0.39, 0.29) is 5.75 Å². The van der Waals surface area contributed by atoms with Gasteiger partial charge in [0.1, 0.15) is 5.54 Å².